The molecule has 0 aliphatic heterocycles. The Morgan fingerprint density at radius 2 is 1.87 bits per heavy atom. The first-order valence-electron chi connectivity index (χ1n) is 3.54. The first kappa shape index (κ1) is 12.0. The smallest absolute Gasteiger partial charge is 0.319 e. The largest absolute Gasteiger partial charge is 0.351 e. The van der Waals surface area contributed by atoms with E-state index in [1.165, 1.54) is 6.07 Å². The van der Waals surface area contributed by atoms with Gasteiger partial charge in [-0.15, -0.1) is 0 Å². The highest BCUT2D eigenvalue weighted by atomic mass is 35.5. The van der Waals surface area contributed by atoms with E-state index in [1.54, 1.807) is 0 Å². The standard InChI is InChI=1S/C7H4Cl3N3O2/c8-3-1-2(4(9)12-5(3)10)6(14)13-7(11)15/h1H,(H3,11,13,14,15). The fourth-order valence-electron chi connectivity index (χ4n) is 0.784. The van der Waals surface area contributed by atoms with Crippen LogP contribution in [0.4, 0.5) is 4.79 Å². The Kier molecular flexibility index (Phi) is 3.73. The van der Waals surface area contributed by atoms with Gasteiger partial charge in [0.05, 0.1) is 10.6 Å². The molecule has 0 saturated heterocycles. The van der Waals surface area contributed by atoms with E-state index in [-0.39, 0.29) is 20.9 Å². The Morgan fingerprint density at radius 1 is 1.27 bits per heavy atom. The predicted octanol–water partition coefficient (Wildman–Crippen LogP) is 1.85. The second-order valence-electron chi connectivity index (χ2n) is 2.42. The molecular weight excluding hydrogens is 264 g/mol. The van der Waals surface area contributed by atoms with Crippen molar-refractivity contribution in [1.82, 2.24) is 10.3 Å². The van der Waals surface area contributed by atoms with Gasteiger partial charge in [0, 0.05) is 0 Å². The summed E-state index contributed by atoms with van der Waals surface area (Å²) in [5.74, 6) is -0.793. The third-order valence-corrected chi connectivity index (χ3v) is 2.33. The lowest BCUT2D eigenvalue weighted by atomic mass is 10.3. The van der Waals surface area contributed by atoms with Crippen LogP contribution >= 0.6 is 34.8 Å². The summed E-state index contributed by atoms with van der Waals surface area (Å²) in [5, 5.41) is 1.68. The van der Waals surface area contributed by atoms with Crippen molar-refractivity contribution < 1.29 is 9.59 Å². The Morgan fingerprint density at radius 3 is 2.40 bits per heavy atom. The molecule has 1 heterocycles. The van der Waals surface area contributed by atoms with E-state index in [9.17, 15) is 9.59 Å². The summed E-state index contributed by atoms with van der Waals surface area (Å²) < 4.78 is 0. The Labute approximate surface area is 99.5 Å². The molecular formula is C7H4Cl3N3O2. The minimum absolute atomic E-state index is 0.0303. The van der Waals surface area contributed by atoms with Gasteiger partial charge in [-0.25, -0.2) is 9.78 Å². The maximum Gasteiger partial charge on any atom is 0.319 e. The number of amides is 3. The molecule has 1 aromatic heterocycles. The quantitative estimate of drug-likeness (QED) is 0.762. The van der Waals surface area contributed by atoms with Gasteiger partial charge in [-0.05, 0) is 6.07 Å². The van der Waals surface area contributed by atoms with Crippen molar-refractivity contribution in [2.24, 2.45) is 5.73 Å². The molecule has 0 spiro atoms. The predicted molar refractivity (Wildman–Crippen MR) is 56.3 cm³/mol. The number of nitrogens with two attached hydrogens (primary N) is 1. The summed E-state index contributed by atoms with van der Waals surface area (Å²) in [7, 11) is 0. The number of hydrogen-bond donors (Lipinski definition) is 2. The average Bonchev–Trinajstić information content (AvgIpc) is 2.09. The van der Waals surface area contributed by atoms with E-state index < -0.39 is 11.9 Å². The van der Waals surface area contributed by atoms with Crippen LogP contribution in [0.15, 0.2) is 6.07 Å². The van der Waals surface area contributed by atoms with Crippen LogP contribution < -0.4 is 11.1 Å². The lowest BCUT2D eigenvalue weighted by molar-refractivity contribution is 0.0966. The van der Waals surface area contributed by atoms with E-state index >= 15 is 0 Å². The van der Waals surface area contributed by atoms with Gasteiger partial charge in [0.2, 0.25) is 0 Å². The van der Waals surface area contributed by atoms with Crippen molar-refractivity contribution in [3.05, 3.63) is 27.0 Å². The minimum Gasteiger partial charge on any atom is -0.351 e. The van der Waals surface area contributed by atoms with Crippen molar-refractivity contribution in [2.45, 2.75) is 0 Å². The third-order valence-electron chi connectivity index (χ3n) is 1.37. The number of nitrogens with one attached hydrogen (secondary N) is 1. The number of primary amides is 1. The number of rotatable bonds is 1. The van der Waals surface area contributed by atoms with E-state index in [1.807, 2.05) is 5.32 Å². The molecule has 1 rings (SSSR count). The van der Waals surface area contributed by atoms with Crippen molar-refractivity contribution >= 4 is 46.7 Å². The maximum absolute atomic E-state index is 11.3. The van der Waals surface area contributed by atoms with E-state index in [0.717, 1.165) is 0 Å². The van der Waals surface area contributed by atoms with Crippen LogP contribution in [0.3, 0.4) is 0 Å². The molecule has 0 unspecified atom stereocenters. The molecule has 3 N–H and O–H groups in total. The molecule has 80 valence electrons. The van der Waals surface area contributed by atoms with Gasteiger partial charge >= 0.3 is 6.03 Å². The zero-order chi connectivity index (χ0) is 11.6. The van der Waals surface area contributed by atoms with Gasteiger partial charge in [-0.1, -0.05) is 34.8 Å². The Balaban J connectivity index is 3.09. The normalized spacial score (nSPS) is 9.80. The molecule has 15 heavy (non-hydrogen) atoms. The van der Waals surface area contributed by atoms with Gasteiger partial charge < -0.3 is 5.73 Å². The monoisotopic (exact) mass is 267 g/mol. The zero-order valence-corrected chi connectivity index (χ0v) is 9.32. The van der Waals surface area contributed by atoms with Crippen LogP contribution in [-0.4, -0.2) is 16.9 Å². The number of carbonyl (C=O) groups excluding carboxylic acids is 2. The summed E-state index contributed by atoms with van der Waals surface area (Å²) in [4.78, 5) is 25.3. The van der Waals surface area contributed by atoms with E-state index in [2.05, 4.69) is 4.98 Å². The van der Waals surface area contributed by atoms with E-state index in [0.29, 0.717) is 0 Å². The molecule has 5 nitrogen and oxygen atoms in total. The minimum atomic E-state index is -0.998. The molecule has 1 aromatic rings. The summed E-state index contributed by atoms with van der Waals surface area (Å²) in [6, 6.07) is 0.194. The Bertz CT molecular complexity index is 436. The Hall–Kier alpha value is -1.04. The molecule has 0 saturated carbocycles. The number of pyridine rings is 1. The fourth-order valence-corrected chi connectivity index (χ4v) is 1.34. The molecule has 0 aliphatic rings. The molecule has 0 fully saturated rings. The SMILES string of the molecule is NC(=O)NC(=O)c1cc(Cl)c(Cl)nc1Cl. The number of aromatic nitrogens is 1. The van der Waals surface area contributed by atoms with Crippen LogP contribution in [0.1, 0.15) is 10.4 Å². The number of urea groups is 1. The highest BCUT2D eigenvalue weighted by molar-refractivity contribution is 6.42. The number of halogens is 3. The molecule has 3 amide bonds. The molecule has 0 radical (unpaired) electrons. The van der Waals surface area contributed by atoms with Crippen LogP contribution in [0, 0.1) is 0 Å². The molecule has 0 aliphatic carbocycles. The lowest BCUT2D eigenvalue weighted by Gasteiger charge is -2.04. The van der Waals surface area contributed by atoms with Gasteiger partial charge in [0.1, 0.15) is 10.3 Å². The van der Waals surface area contributed by atoms with Gasteiger partial charge in [-0.2, -0.15) is 0 Å². The topological polar surface area (TPSA) is 85.1 Å². The molecule has 0 aromatic carbocycles. The average molecular weight is 268 g/mol. The summed E-state index contributed by atoms with van der Waals surface area (Å²) in [6.07, 6.45) is 0. The third kappa shape index (κ3) is 2.95. The first-order valence-corrected chi connectivity index (χ1v) is 4.67. The zero-order valence-electron chi connectivity index (χ0n) is 7.05. The second kappa shape index (κ2) is 4.65. The fraction of sp³-hybridized carbons (Fsp3) is 0. The number of carbonyl (C=O) groups is 2. The lowest BCUT2D eigenvalue weighted by Crippen LogP contribution is -2.35. The summed E-state index contributed by atoms with van der Waals surface area (Å²) >= 11 is 16.8. The van der Waals surface area contributed by atoms with Crippen molar-refractivity contribution in [1.29, 1.82) is 0 Å². The summed E-state index contributed by atoms with van der Waals surface area (Å²) in [5.41, 5.74) is 4.68. The number of hydrogen-bond acceptors (Lipinski definition) is 3. The highest BCUT2D eigenvalue weighted by Crippen LogP contribution is 2.25. The van der Waals surface area contributed by atoms with Crippen molar-refractivity contribution in [3.8, 4) is 0 Å². The number of nitrogens with zero attached hydrogens (tertiary/aromatic N) is 1. The van der Waals surface area contributed by atoms with Gasteiger partial charge in [0.25, 0.3) is 5.91 Å². The van der Waals surface area contributed by atoms with Crippen LogP contribution in [-0.2, 0) is 0 Å². The highest BCUT2D eigenvalue weighted by Gasteiger charge is 2.15. The molecule has 0 atom stereocenters. The second-order valence-corrected chi connectivity index (χ2v) is 3.54. The van der Waals surface area contributed by atoms with Crippen molar-refractivity contribution in [3.63, 3.8) is 0 Å². The first-order chi connectivity index (χ1) is 6.91. The van der Waals surface area contributed by atoms with Crippen LogP contribution in [0.2, 0.25) is 15.3 Å². The van der Waals surface area contributed by atoms with Crippen molar-refractivity contribution in [2.75, 3.05) is 0 Å². The van der Waals surface area contributed by atoms with Crippen LogP contribution in [0.25, 0.3) is 0 Å². The molecule has 0 bridgehead atoms. The van der Waals surface area contributed by atoms with Gasteiger partial charge in [0.15, 0.2) is 0 Å². The number of imide groups is 1. The summed E-state index contributed by atoms with van der Waals surface area (Å²) in [6.45, 7) is 0. The molecule has 8 heteroatoms. The van der Waals surface area contributed by atoms with Crippen LogP contribution in [0.5, 0.6) is 0 Å². The van der Waals surface area contributed by atoms with Gasteiger partial charge in [-0.3, -0.25) is 10.1 Å². The van der Waals surface area contributed by atoms with E-state index in [4.69, 9.17) is 40.5 Å². The maximum atomic E-state index is 11.3.